The second-order valence-corrected chi connectivity index (χ2v) is 4.40. The molecule has 7 heteroatoms. The molecular formula is C12H9Cl2N3O2. The van der Waals surface area contributed by atoms with E-state index in [-0.39, 0.29) is 0 Å². The van der Waals surface area contributed by atoms with Crippen molar-refractivity contribution < 1.29 is 9.21 Å². The molecular weight excluding hydrogens is 289 g/mol. The second-order valence-electron chi connectivity index (χ2n) is 3.56. The van der Waals surface area contributed by atoms with Gasteiger partial charge in [-0.25, -0.2) is 10.2 Å². The SMILES string of the molecule is NC(=O)N/N=C\c1ccc(-c2ccc(Cl)cc2Cl)o1. The molecule has 0 bridgehead atoms. The Morgan fingerprint density at radius 1 is 1.32 bits per heavy atom. The molecule has 2 rings (SSSR count). The molecule has 1 heterocycles. The summed E-state index contributed by atoms with van der Waals surface area (Å²) < 4.78 is 5.50. The molecule has 2 aromatic rings. The maximum Gasteiger partial charge on any atom is 0.332 e. The van der Waals surface area contributed by atoms with Crippen LogP contribution >= 0.6 is 23.2 Å². The monoisotopic (exact) mass is 297 g/mol. The van der Waals surface area contributed by atoms with E-state index in [1.54, 1.807) is 30.3 Å². The molecule has 0 aliphatic rings. The van der Waals surface area contributed by atoms with E-state index in [0.717, 1.165) is 0 Å². The maximum atomic E-state index is 10.4. The molecule has 1 aromatic heterocycles. The molecule has 0 fully saturated rings. The number of furan rings is 1. The van der Waals surface area contributed by atoms with Crippen molar-refractivity contribution in [3.05, 3.63) is 46.1 Å². The molecule has 0 aliphatic carbocycles. The summed E-state index contributed by atoms with van der Waals surface area (Å²) in [6.07, 6.45) is 1.33. The predicted octanol–water partition coefficient (Wildman–Crippen LogP) is 3.26. The number of nitrogens with two attached hydrogens (primary N) is 1. The third-order valence-corrected chi connectivity index (χ3v) is 2.74. The Kier molecular flexibility index (Phi) is 4.09. The predicted molar refractivity (Wildman–Crippen MR) is 74.5 cm³/mol. The van der Waals surface area contributed by atoms with Crippen molar-refractivity contribution in [2.45, 2.75) is 0 Å². The van der Waals surface area contributed by atoms with Crippen molar-refractivity contribution in [2.24, 2.45) is 10.8 Å². The quantitative estimate of drug-likeness (QED) is 0.673. The Balaban J connectivity index is 2.21. The minimum Gasteiger partial charge on any atom is -0.455 e. The molecule has 0 atom stereocenters. The largest absolute Gasteiger partial charge is 0.455 e. The molecule has 0 radical (unpaired) electrons. The van der Waals surface area contributed by atoms with Crippen LogP contribution in [0.2, 0.25) is 10.0 Å². The normalized spacial score (nSPS) is 10.8. The van der Waals surface area contributed by atoms with Gasteiger partial charge in [0.2, 0.25) is 0 Å². The van der Waals surface area contributed by atoms with Crippen LogP contribution in [0.15, 0.2) is 39.9 Å². The number of carbonyl (C=O) groups is 1. The number of halogens is 2. The highest BCUT2D eigenvalue weighted by Gasteiger charge is 2.08. The van der Waals surface area contributed by atoms with E-state index in [2.05, 4.69) is 10.5 Å². The zero-order valence-corrected chi connectivity index (χ0v) is 11.1. The van der Waals surface area contributed by atoms with Crippen molar-refractivity contribution in [3.8, 4) is 11.3 Å². The van der Waals surface area contributed by atoms with Gasteiger partial charge in [-0.05, 0) is 30.3 Å². The highest BCUT2D eigenvalue weighted by molar-refractivity contribution is 6.36. The fraction of sp³-hybridized carbons (Fsp3) is 0. The van der Waals surface area contributed by atoms with Crippen LogP contribution in [-0.4, -0.2) is 12.2 Å². The van der Waals surface area contributed by atoms with Gasteiger partial charge in [0, 0.05) is 10.6 Å². The Labute approximate surface area is 119 Å². The number of carbonyl (C=O) groups excluding carboxylic acids is 1. The van der Waals surface area contributed by atoms with E-state index in [0.29, 0.717) is 27.1 Å². The van der Waals surface area contributed by atoms with E-state index in [4.69, 9.17) is 33.4 Å². The van der Waals surface area contributed by atoms with Gasteiger partial charge in [0.05, 0.1) is 11.2 Å². The molecule has 19 heavy (non-hydrogen) atoms. The molecule has 5 nitrogen and oxygen atoms in total. The van der Waals surface area contributed by atoms with Gasteiger partial charge >= 0.3 is 6.03 Å². The number of hydrazone groups is 1. The fourth-order valence-electron chi connectivity index (χ4n) is 1.42. The highest BCUT2D eigenvalue weighted by atomic mass is 35.5. The summed E-state index contributed by atoms with van der Waals surface area (Å²) in [4.78, 5) is 10.4. The van der Waals surface area contributed by atoms with Crippen LogP contribution in [0.1, 0.15) is 5.76 Å². The fourth-order valence-corrected chi connectivity index (χ4v) is 1.92. The van der Waals surface area contributed by atoms with Gasteiger partial charge in [0.1, 0.15) is 11.5 Å². The molecule has 0 unspecified atom stereocenters. The summed E-state index contributed by atoms with van der Waals surface area (Å²) in [7, 11) is 0. The Bertz CT molecular complexity index is 638. The van der Waals surface area contributed by atoms with Gasteiger partial charge < -0.3 is 10.2 Å². The molecule has 0 spiro atoms. The summed E-state index contributed by atoms with van der Waals surface area (Å²) >= 11 is 11.9. The van der Waals surface area contributed by atoms with Gasteiger partial charge in [-0.3, -0.25) is 0 Å². The lowest BCUT2D eigenvalue weighted by Gasteiger charge is -2.00. The van der Waals surface area contributed by atoms with Gasteiger partial charge in [0.25, 0.3) is 0 Å². The van der Waals surface area contributed by atoms with Crippen LogP contribution in [0.5, 0.6) is 0 Å². The van der Waals surface area contributed by atoms with Crippen molar-refractivity contribution in [1.82, 2.24) is 5.43 Å². The number of benzene rings is 1. The van der Waals surface area contributed by atoms with E-state index in [1.807, 2.05) is 0 Å². The highest BCUT2D eigenvalue weighted by Crippen LogP contribution is 2.31. The van der Waals surface area contributed by atoms with Crippen LogP contribution < -0.4 is 11.2 Å². The molecule has 0 saturated heterocycles. The topological polar surface area (TPSA) is 80.6 Å². The lowest BCUT2D eigenvalue weighted by molar-refractivity contribution is 0.249. The average Bonchev–Trinajstić information content (AvgIpc) is 2.77. The van der Waals surface area contributed by atoms with Crippen LogP contribution in [0.4, 0.5) is 4.79 Å². The number of amides is 2. The number of nitrogens with one attached hydrogen (secondary N) is 1. The number of hydrogen-bond acceptors (Lipinski definition) is 3. The first-order chi connectivity index (χ1) is 9.06. The zero-order chi connectivity index (χ0) is 13.8. The lowest BCUT2D eigenvalue weighted by Crippen LogP contribution is -2.24. The standard InChI is InChI=1S/C12H9Cl2N3O2/c13-7-1-3-9(10(14)5-7)11-4-2-8(19-11)6-16-17-12(15)18/h1-6H,(H3,15,17,18)/b16-6-. The minimum absolute atomic E-state index is 0.453. The van der Waals surface area contributed by atoms with E-state index in [9.17, 15) is 4.79 Å². The van der Waals surface area contributed by atoms with E-state index < -0.39 is 6.03 Å². The average molecular weight is 298 g/mol. The molecule has 98 valence electrons. The zero-order valence-electron chi connectivity index (χ0n) is 9.56. The minimum atomic E-state index is -0.747. The van der Waals surface area contributed by atoms with Crippen LogP contribution in [-0.2, 0) is 0 Å². The summed E-state index contributed by atoms with van der Waals surface area (Å²) in [6.45, 7) is 0. The third kappa shape index (κ3) is 3.49. The maximum absolute atomic E-state index is 10.4. The van der Waals surface area contributed by atoms with Gasteiger partial charge in [-0.1, -0.05) is 23.2 Å². The first-order valence-electron chi connectivity index (χ1n) is 5.20. The van der Waals surface area contributed by atoms with Crippen molar-refractivity contribution >= 4 is 35.4 Å². The first-order valence-corrected chi connectivity index (χ1v) is 5.95. The molecule has 2 amide bonds. The van der Waals surface area contributed by atoms with Crippen molar-refractivity contribution in [2.75, 3.05) is 0 Å². The van der Waals surface area contributed by atoms with Crippen LogP contribution in [0.3, 0.4) is 0 Å². The van der Waals surface area contributed by atoms with Crippen molar-refractivity contribution in [1.29, 1.82) is 0 Å². The number of urea groups is 1. The number of primary amides is 1. The number of hydrogen-bond donors (Lipinski definition) is 2. The lowest BCUT2D eigenvalue weighted by atomic mass is 10.2. The Morgan fingerprint density at radius 3 is 2.79 bits per heavy atom. The van der Waals surface area contributed by atoms with E-state index in [1.165, 1.54) is 6.21 Å². The van der Waals surface area contributed by atoms with E-state index >= 15 is 0 Å². The Morgan fingerprint density at radius 2 is 2.11 bits per heavy atom. The smallest absolute Gasteiger partial charge is 0.332 e. The third-order valence-electron chi connectivity index (χ3n) is 2.19. The molecule has 3 N–H and O–H groups in total. The van der Waals surface area contributed by atoms with Crippen LogP contribution in [0, 0.1) is 0 Å². The Hall–Kier alpha value is -1.98. The molecule has 1 aromatic carbocycles. The van der Waals surface area contributed by atoms with Gasteiger partial charge in [-0.15, -0.1) is 0 Å². The van der Waals surface area contributed by atoms with Gasteiger partial charge in [-0.2, -0.15) is 5.10 Å². The number of rotatable bonds is 3. The first kappa shape index (κ1) is 13.5. The summed E-state index contributed by atoms with van der Waals surface area (Å²) in [5, 5.41) is 4.62. The van der Waals surface area contributed by atoms with Gasteiger partial charge in [0.15, 0.2) is 0 Å². The molecule has 0 aliphatic heterocycles. The van der Waals surface area contributed by atoms with Crippen LogP contribution in [0.25, 0.3) is 11.3 Å². The summed E-state index contributed by atoms with van der Waals surface area (Å²) in [5.41, 5.74) is 7.65. The molecule has 0 saturated carbocycles. The van der Waals surface area contributed by atoms with Crippen molar-refractivity contribution in [3.63, 3.8) is 0 Å². The number of nitrogens with zero attached hydrogens (tertiary/aromatic N) is 1. The summed E-state index contributed by atoms with van der Waals surface area (Å²) in [5.74, 6) is 1.02. The summed E-state index contributed by atoms with van der Waals surface area (Å²) in [6, 6.07) is 7.78. The second kappa shape index (κ2) is 5.77.